The summed E-state index contributed by atoms with van der Waals surface area (Å²) in [5, 5.41) is 8.12. The van der Waals surface area contributed by atoms with Crippen LogP contribution >= 0.6 is 0 Å². The van der Waals surface area contributed by atoms with Crippen LogP contribution in [-0.4, -0.2) is 15.0 Å². The first-order chi connectivity index (χ1) is 7.63. The predicted octanol–water partition coefficient (Wildman–Crippen LogP) is 2.66. The van der Waals surface area contributed by atoms with Crippen LogP contribution in [-0.2, 0) is 13.5 Å². The molecule has 1 heterocycles. The van der Waals surface area contributed by atoms with Gasteiger partial charge in [-0.3, -0.25) is 0 Å². The molecule has 0 amide bonds. The standard InChI is InChI=1S/C13H17N3/c1-5-11-8-12(7-6-9(11)2)13-10(3)14-15-16(13)4/h6-8H,5H2,1-4H3. The maximum absolute atomic E-state index is 4.08. The highest BCUT2D eigenvalue weighted by Crippen LogP contribution is 2.23. The fourth-order valence-corrected chi connectivity index (χ4v) is 2.06. The molecule has 0 radical (unpaired) electrons. The molecule has 16 heavy (non-hydrogen) atoms. The van der Waals surface area contributed by atoms with Gasteiger partial charge < -0.3 is 0 Å². The monoisotopic (exact) mass is 215 g/mol. The Bertz CT molecular complexity index is 492. The van der Waals surface area contributed by atoms with E-state index in [1.54, 1.807) is 0 Å². The first-order valence-electron chi connectivity index (χ1n) is 5.59. The summed E-state index contributed by atoms with van der Waals surface area (Å²) < 4.78 is 1.83. The van der Waals surface area contributed by atoms with Crippen molar-refractivity contribution in [3.63, 3.8) is 0 Å². The highest BCUT2D eigenvalue weighted by Gasteiger charge is 2.09. The second-order valence-electron chi connectivity index (χ2n) is 4.14. The summed E-state index contributed by atoms with van der Waals surface area (Å²) >= 11 is 0. The van der Waals surface area contributed by atoms with Gasteiger partial charge >= 0.3 is 0 Å². The van der Waals surface area contributed by atoms with Crippen LogP contribution < -0.4 is 0 Å². The van der Waals surface area contributed by atoms with E-state index in [0.29, 0.717) is 0 Å². The number of rotatable bonds is 2. The van der Waals surface area contributed by atoms with E-state index in [1.165, 1.54) is 16.7 Å². The summed E-state index contributed by atoms with van der Waals surface area (Å²) in [6.45, 7) is 6.32. The van der Waals surface area contributed by atoms with E-state index in [9.17, 15) is 0 Å². The summed E-state index contributed by atoms with van der Waals surface area (Å²) in [7, 11) is 1.93. The predicted molar refractivity (Wildman–Crippen MR) is 65.3 cm³/mol. The van der Waals surface area contributed by atoms with E-state index in [-0.39, 0.29) is 0 Å². The molecule has 0 aliphatic carbocycles. The molecule has 0 fully saturated rings. The van der Waals surface area contributed by atoms with Gasteiger partial charge in [0.2, 0.25) is 0 Å². The average Bonchev–Trinajstić information content (AvgIpc) is 2.60. The molecule has 3 heteroatoms. The first kappa shape index (κ1) is 10.9. The average molecular weight is 215 g/mol. The molecule has 0 atom stereocenters. The minimum Gasteiger partial charge on any atom is -0.247 e. The number of benzene rings is 1. The minimum atomic E-state index is 0.980. The fourth-order valence-electron chi connectivity index (χ4n) is 2.06. The molecule has 2 rings (SSSR count). The summed E-state index contributed by atoms with van der Waals surface area (Å²) in [5.74, 6) is 0. The lowest BCUT2D eigenvalue weighted by molar-refractivity contribution is 0.719. The van der Waals surface area contributed by atoms with Crippen LogP contribution in [0.4, 0.5) is 0 Å². The molecule has 0 aliphatic rings. The van der Waals surface area contributed by atoms with E-state index < -0.39 is 0 Å². The Morgan fingerprint density at radius 1 is 1.25 bits per heavy atom. The zero-order valence-electron chi connectivity index (χ0n) is 10.3. The molecule has 84 valence electrons. The van der Waals surface area contributed by atoms with Gasteiger partial charge in [-0.15, -0.1) is 5.10 Å². The van der Waals surface area contributed by atoms with E-state index in [4.69, 9.17) is 0 Å². The third kappa shape index (κ3) is 1.73. The van der Waals surface area contributed by atoms with Crippen LogP contribution in [0, 0.1) is 13.8 Å². The van der Waals surface area contributed by atoms with E-state index in [2.05, 4.69) is 42.4 Å². The zero-order valence-corrected chi connectivity index (χ0v) is 10.3. The van der Waals surface area contributed by atoms with Gasteiger partial charge in [0.1, 0.15) is 0 Å². The molecule has 0 unspecified atom stereocenters. The second kappa shape index (κ2) is 4.08. The molecule has 0 N–H and O–H groups in total. The lowest BCUT2D eigenvalue weighted by Gasteiger charge is -2.07. The third-order valence-electron chi connectivity index (χ3n) is 3.00. The Kier molecular flexibility index (Phi) is 2.77. The van der Waals surface area contributed by atoms with Crippen molar-refractivity contribution in [3.05, 3.63) is 35.0 Å². The summed E-state index contributed by atoms with van der Waals surface area (Å²) in [4.78, 5) is 0. The van der Waals surface area contributed by atoms with Crippen LogP contribution in [0.2, 0.25) is 0 Å². The van der Waals surface area contributed by atoms with Crippen molar-refractivity contribution < 1.29 is 0 Å². The van der Waals surface area contributed by atoms with Gasteiger partial charge in [-0.05, 0) is 37.5 Å². The van der Waals surface area contributed by atoms with Crippen molar-refractivity contribution in [1.29, 1.82) is 0 Å². The molecule has 1 aromatic carbocycles. The first-order valence-corrected chi connectivity index (χ1v) is 5.59. The smallest absolute Gasteiger partial charge is 0.0911 e. The Hall–Kier alpha value is -1.64. The highest BCUT2D eigenvalue weighted by atomic mass is 15.4. The minimum absolute atomic E-state index is 0.980. The molecule has 1 aromatic heterocycles. The number of hydrogen-bond donors (Lipinski definition) is 0. The molecular formula is C13H17N3. The summed E-state index contributed by atoms with van der Waals surface area (Å²) in [5.41, 5.74) is 6.02. The van der Waals surface area contributed by atoms with Gasteiger partial charge in [-0.1, -0.05) is 24.3 Å². The Morgan fingerprint density at radius 2 is 2.00 bits per heavy atom. The molecule has 0 aliphatic heterocycles. The zero-order chi connectivity index (χ0) is 11.7. The second-order valence-corrected chi connectivity index (χ2v) is 4.14. The van der Waals surface area contributed by atoms with Crippen molar-refractivity contribution in [2.75, 3.05) is 0 Å². The van der Waals surface area contributed by atoms with Gasteiger partial charge in [0.25, 0.3) is 0 Å². The molecule has 3 nitrogen and oxygen atoms in total. The largest absolute Gasteiger partial charge is 0.247 e. The molecular weight excluding hydrogens is 198 g/mol. The molecule has 0 bridgehead atoms. The maximum atomic E-state index is 4.08. The van der Waals surface area contributed by atoms with Crippen molar-refractivity contribution in [2.24, 2.45) is 7.05 Å². The van der Waals surface area contributed by atoms with Crippen molar-refractivity contribution >= 4 is 0 Å². The normalized spacial score (nSPS) is 10.8. The van der Waals surface area contributed by atoms with Crippen LogP contribution in [0.5, 0.6) is 0 Å². The summed E-state index contributed by atoms with van der Waals surface area (Å²) in [6, 6.07) is 6.54. The van der Waals surface area contributed by atoms with Gasteiger partial charge in [0.05, 0.1) is 11.4 Å². The number of aromatic nitrogens is 3. The molecule has 0 saturated carbocycles. The number of aryl methyl sites for hydroxylation is 4. The fraction of sp³-hybridized carbons (Fsp3) is 0.385. The lowest BCUT2D eigenvalue weighted by atomic mass is 10.0. The van der Waals surface area contributed by atoms with Crippen LogP contribution in [0.25, 0.3) is 11.3 Å². The Balaban J connectivity index is 2.57. The summed E-state index contributed by atoms with van der Waals surface area (Å²) in [6.07, 6.45) is 1.06. The van der Waals surface area contributed by atoms with Gasteiger partial charge in [-0.2, -0.15) is 0 Å². The number of hydrogen-bond acceptors (Lipinski definition) is 2. The van der Waals surface area contributed by atoms with E-state index in [1.807, 2.05) is 18.7 Å². The third-order valence-corrected chi connectivity index (χ3v) is 3.00. The van der Waals surface area contributed by atoms with Crippen LogP contribution in [0.3, 0.4) is 0 Å². The van der Waals surface area contributed by atoms with Crippen LogP contribution in [0.15, 0.2) is 18.2 Å². The molecule has 0 saturated heterocycles. The van der Waals surface area contributed by atoms with Gasteiger partial charge in [0.15, 0.2) is 0 Å². The number of nitrogens with zero attached hydrogens (tertiary/aromatic N) is 3. The topological polar surface area (TPSA) is 30.7 Å². The van der Waals surface area contributed by atoms with Gasteiger partial charge in [0, 0.05) is 12.6 Å². The van der Waals surface area contributed by atoms with Crippen molar-refractivity contribution in [1.82, 2.24) is 15.0 Å². The SMILES string of the molecule is CCc1cc(-c2c(C)nnn2C)ccc1C. The molecule has 2 aromatic rings. The quantitative estimate of drug-likeness (QED) is 0.771. The Labute approximate surface area is 96.1 Å². The highest BCUT2D eigenvalue weighted by molar-refractivity contribution is 5.63. The van der Waals surface area contributed by atoms with Crippen LogP contribution in [0.1, 0.15) is 23.7 Å². The van der Waals surface area contributed by atoms with Crippen molar-refractivity contribution in [3.8, 4) is 11.3 Å². The van der Waals surface area contributed by atoms with Gasteiger partial charge in [-0.25, -0.2) is 4.68 Å². The maximum Gasteiger partial charge on any atom is 0.0911 e. The van der Waals surface area contributed by atoms with Crippen molar-refractivity contribution in [2.45, 2.75) is 27.2 Å². The Morgan fingerprint density at radius 3 is 2.56 bits per heavy atom. The lowest BCUT2D eigenvalue weighted by Crippen LogP contribution is -1.96. The molecule has 0 spiro atoms. The van der Waals surface area contributed by atoms with E-state index >= 15 is 0 Å². The van der Waals surface area contributed by atoms with E-state index in [0.717, 1.165) is 17.8 Å².